The summed E-state index contributed by atoms with van der Waals surface area (Å²) in [5, 5.41) is 2.48. The Hall–Kier alpha value is -3.77. The van der Waals surface area contributed by atoms with Crippen LogP contribution in [0.5, 0.6) is 5.75 Å². The zero-order chi connectivity index (χ0) is 32.2. The molecule has 2 amide bonds. The van der Waals surface area contributed by atoms with Gasteiger partial charge in [-0.2, -0.15) is 13.2 Å². The van der Waals surface area contributed by atoms with E-state index in [0.29, 0.717) is 21.7 Å². The summed E-state index contributed by atoms with van der Waals surface area (Å²) in [5.41, 5.74) is -1.78. The van der Waals surface area contributed by atoms with Crippen LogP contribution in [0.25, 0.3) is 0 Å². The van der Waals surface area contributed by atoms with Gasteiger partial charge in [0.1, 0.15) is 18.3 Å². The SMILES string of the molecule is COc1cccc(CN(C(=O)CN(c2cc(C(F)(F)F)ccc2Cl)S(=O)(=O)c2ccccc2)[C@H](C)C(=O)NC(C)(C)C)c1. The Morgan fingerprint density at radius 2 is 1.63 bits per heavy atom. The molecule has 0 spiro atoms. The minimum Gasteiger partial charge on any atom is -0.497 e. The van der Waals surface area contributed by atoms with E-state index < -0.39 is 57.4 Å². The zero-order valence-corrected chi connectivity index (χ0v) is 25.8. The summed E-state index contributed by atoms with van der Waals surface area (Å²) in [5.74, 6) is -0.883. The van der Waals surface area contributed by atoms with E-state index in [1.165, 1.54) is 38.3 Å². The highest BCUT2D eigenvalue weighted by Crippen LogP contribution is 2.37. The van der Waals surface area contributed by atoms with Crippen molar-refractivity contribution in [3.63, 3.8) is 0 Å². The third-order valence-electron chi connectivity index (χ3n) is 6.30. The van der Waals surface area contributed by atoms with Gasteiger partial charge in [-0.25, -0.2) is 8.42 Å². The fraction of sp³-hybridized carbons (Fsp3) is 0.333. The smallest absolute Gasteiger partial charge is 0.416 e. The number of benzene rings is 3. The molecule has 0 saturated carbocycles. The van der Waals surface area contributed by atoms with Crippen molar-refractivity contribution in [3.05, 3.63) is 88.9 Å². The molecule has 8 nitrogen and oxygen atoms in total. The van der Waals surface area contributed by atoms with Gasteiger partial charge in [0.2, 0.25) is 11.8 Å². The standard InChI is InChI=1S/C30H33ClF3N3O5S/c1-20(28(39)35-29(2,3)4)36(18-21-10-9-11-23(16-21)42-5)27(38)19-37(43(40,41)24-12-7-6-8-13-24)26-17-22(30(32,33)34)14-15-25(26)31/h6-17,20H,18-19H2,1-5H3,(H,35,39)/t20-/m1/s1. The first-order valence-corrected chi connectivity index (χ1v) is 14.9. The maximum Gasteiger partial charge on any atom is 0.416 e. The van der Waals surface area contributed by atoms with E-state index in [0.717, 1.165) is 17.0 Å². The van der Waals surface area contributed by atoms with Gasteiger partial charge in [0, 0.05) is 12.1 Å². The van der Waals surface area contributed by atoms with E-state index in [-0.39, 0.29) is 16.5 Å². The summed E-state index contributed by atoms with van der Waals surface area (Å²) in [7, 11) is -3.15. The molecule has 0 saturated heterocycles. The molecule has 0 aliphatic rings. The predicted octanol–water partition coefficient (Wildman–Crippen LogP) is 5.89. The molecule has 0 unspecified atom stereocenters. The summed E-state index contributed by atoms with van der Waals surface area (Å²) in [4.78, 5) is 28.1. The molecule has 232 valence electrons. The molecule has 0 aliphatic carbocycles. The number of sulfonamides is 1. The number of ether oxygens (including phenoxy) is 1. The molecule has 0 aromatic heterocycles. The van der Waals surface area contributed by atoms with E-state index in [2.05, 4.69) is 5.32 Å². The topological polar surface area (TPSA) is 96.0 Å². The molecule has 3 aromatic carbocycles. The van der Waals surface area contributed by atoms with Crippen LogP contribution in [0.3, 0.4) is 0 Å². The highest BCUT2D eigenvalue weighted by atomic mass is 35.5. The van der Waals surface area contributed by atoms with Gasteiger partial charge in [-0.15, -0.1) is 0 Å². The zero-order valence-electron chi connectivity index (χ0n) is 24.3. The lowest BCUT2D eigenvalue weighted by molar-refractivity contribution is -0.140. The van der Waals surface area contributed by atoms with Crippen LogP contribution in [0, 0.1) is 0 Å². The number of rotatable bonds is 10. The number of methoxy groups -OCH3 is 1. The van der Waals surface area contributed by atoms with Crippen LogP contribution in [-0.4, -0.2) is 50.4 Å². The second kappa shape index (κ2) is 13.3. The van der Waals surface area contributed by atoms with E-state index >= 15 is 0 Å². The number of alkyl halides is 3. The lowest BCUT2D eigenvalue weighted by Gasteiger charge is -2.33. The molecule has 1 N–H and O–H groups in total. The van der Waals surface area contributed by atoms with Crippen LogP contribution in [0.4, 0.5) is 18.9 Å². The number of nitrogens with one attached hydrogen (secondary N) is 1. The second-order valence-corrected chi connectivity index (χ2v) is 13.0. The lowest BCUT2D eigenvalue weighted by atomic mass is 10.1. The number of hydrogen-bond donors (Lipinski definition) is 1. The number of nitrogens with zero attached hydrogens (tertiary/aromatic N) is 2. The highest BCUT2D eigenvalue weighted by Gasteiger charge is 2.36. The number of carbonyl (C=O) groups is 2. The quantitative estimate of drug-likeness (QED) is 0.298. The molecule has 0 radical (unpaired) electrons. The molecular formula is C30H33ClF3N3O5S. The monoisotopic (exact) mass is 639 g/mol. The summed E-state index contributed by atoms with van der Waals surface area (Å²) in [6, 6.07) is 14.8. The van der Waals surface area contributed by atoms with Crippen LogP contribution >= 0.6 is 11.6 Å². The molecule has 1 atom stereocenters. The van der Waals surface area contributed by atoms with Crippen molar-refractivity contribution >= 4 is 39.1 Å². The van der Waals surface area contributed by atoms with Crippen LogP contribution < -0.4 is 14.4 Å². The van der Waals surface area contributed by atoms with Crippen LogP contribution in [-0.2, 0) is 32.3 Å². The van der Waals surface area contributed by atoms with E-state index in [9.17, 15) is 31.2 Å². The summed E-state index contributed by atoms with van der Waals surface area (Å²) >= 11 is 6.27. The fourth-order valence-electron chi connectivity index (χ4n) is 4.14. The molecule has 13 heteroatoms. The van der Waals surface area contributed by atoms with E-state index in [1.54, 1.807) is 51.1 Å². The van der Waals surface area contributed by atoms with Crippen molar-refractivity contribution in [1.29, 1.82) is 0 Å². The number of hydrogen-bond acceptors (Lipinski definition) is 5. The van der Waals surface area contributed by atoms with Gasteiger partial charge in [0.05, 0.1) is 28.3 Å². The van der Waals surface area contributed by atoms with Crippen molar-refractivity contribution in [2.75, 3.05) is 18.0 Å². The molecule has 0 bridgehead atoms. The molecule has 43 heavy (non-hydrogen) atoms. The highest BCUT2D eigenvalue weighted by molar-refractivity contribution is 7.92. The van der Waals surface area contributed by atoms with Crippen LogP contribution in [0.2, 0.25) is 5.02 Å². The molecule has 3 rings (SSSR count). The average Bonchev–Trinajstić information content (AvgIpc) is 2.93. The number of amides is 2. The fourth-order valence-corrected chi connectivity index (χ4v) is 5.85. The van der Waals surface area contributed by atoms with Crippen LogP contribution in [0.1, 0.15) is 38.8 Å². The molecule has 0 aliphatic heterocycles. The third kappa shape index (κ3) is 8.64. The third-order valence-corrected chi connectivity index (χ3v) is 8.40. The second-order valence-electron chi connectivity index (χ2n) is 10.8. The Balaban J connectivity index is 2.14. The van der Waals surface area contributed by atoms with Crippen molar-refractivity contribution in [2.24, 2.45) is 0 Å². The predicted molar refractivity (Wildman–Crippen MR) is 158 cm³/mol. The Morgan fingerprint density at radius 3 is 2.21 bits per heavy atom. The first-order valence-electron chi connectivity index (χ1n) is 13.1. The van der Waals surface area contributed by atoms with Gasteiger partial charge in [-0.05, 0) is 75.7 Å². The average molecular weight is 640 g/mol. The molecule has 0 fully saturated rings. The van der Waals surface area contributed by atoms with Crippen LogP contribution in [0.15, 0.2) is 77.7 Å². The minimum absolute atomic E-state index is 0.135. The number of carbonyl (C=O) groups excluding carboxylic acids is 2. The Bertz CT molecular complexity index is 1560. The number of halogens is 4. The first kappa shape index (κ1) is 33.7. The molecular weight excluding hydrogens is 607 g/mol. The minimum atomic E-state index is -4.82. The van der Waals surface area contributed by atoms with Gasteiger partial charge in [0.15, 0.2) is 0 Å². The normalized spacial score (nSPS) is 12.8. The largest absolute Gasteiger partial charge is 0.497 e. The van der Waals surface area contributed by atoms with Crippen molar-refractivity contribution in [2.45, 2.75) is 56.9 Å². The van der Waals surface area contributed by atoms with Crippen molar-refractivity contribution in [1.82, 2.24) is 10.2 Å². The summed E-state index contributed by atoms with van der Waals surface area (Å²) < 4.78 is 74.5. The van der Waals surface area contributed by atoms with Crippen molar-refractivity contribution < 1.29 is 35.9 Å². The Labute approximate surface area is 254 Å². The van der Waals surface area contributed by atoms with Gasteiger partial charge < -0.3 is 15.0 Å². The molecule has 0 heterocycles. The van der Waals surface area contributed by atoms with E-state index in [4.69, 9.17) is 16.3 Å². The Kier molecular flexibility index (Phi) is 10.4. The maximum atomic E-state index is 14.0. The summed E-state index contributed by atoms with van der Waals surface area (Å²) in [6.45, 7) is 5.67. The first-order chi connectivity index (χ1) is 19.9. The maximum absolute atomic E-state index is 14.0. The summed E-state index contributed by atoms with van der Waals surface area (Å²) in [6.07, 6.45) is -4.82. The molecule has 3 aromatic rings. The van der Waals surface area contributed by atoms with E-state index in [1.807, 2.05) is 0 Å². The van der Waals surface area contributed by atoms with Gasteiger partial charge in [0.25, 0.3) is 10.0 Å². The Morgan fingerprint density at radius 1 is 0.977 bits per heavy atom. The number of anilines is 1. The lowest BCUT2D eigenvalue weighted by Crippen LogP contribution is -2.54. The van der Waals surface area contributed by atoms with Gasteiger partial charge in [-0.3, -0.25) is 13.9 Å². The van der Waals surface area contributed by atoms with Gasteiger partial charge >= 0.3 is 6.18 Å². The van der Waals surface area contributed by atoms with Gasteiger partial charge in [-0.1, -0.05) is 41.9 Å². The van der Waals surface area contributed by atoms with Crippen molar-refractivity contribution in [3.8, 4) is 5.75 Å².